The van der Waals surface area contributed by atoms with Gasteiger partial charge in [-0.3, -0.25) is 0 Å². The normalized spacial score (nSPS) is 31.5. The van der Waals surface area contributed by atoms with E-state index >= 15 is 0 Å². The highest BCUT2D eigenvalue weighted by atomic mass is 16.3. The minimum Gasteiger partial charge on any atom is -0.379 e. The molecule has 0 radical (unpaired) electrons. The number of likely N-dealkylation sites (N-methyl/N-ethyl adjacent to an activating group) is 1. The maximum absolute atomic E-state index is 9.23. The Morgan fingerprint density at radius 3 is 1.75 bits per heavy atom. The van der Waals surface area contributed by atoms with E-state index in [2.05, 4.69) is 14.1 Å². The van der Waals surface area contributed by atoms with Crippen LogP contribution in [0.4, 0.5) is 0 Å². The van der Waals surface area contributed by atoms with E-state index < -0.39 is 0 Å². The Morgan fingerprint density at radius 2 is 1.75 bits per heavy atom. The van der Waals surface area contributed by atoms with E-state index in [1.165, 1.54) is 0 Å². The van der Waals surface area contributed by atoms with Crippen LogP contribution in [0.1, 0.15) is 6.92 Å². The average Bonchev–Trinajstić information content (AvgIpc) is 1.20. The van der Waals surface area contributed by atoms with Crippen LogP contribution in [0.25, 0.3) is 0 Å². The summed E-state index contributed by atoms with van der Waals surface area (Å²) in [6.45, 7) is 3.68. The molecule has 8 heavy (non-hydrogen) atoms. The standard InChI is InChI=1S/C6H14NO/c1-6(8)4-7(2,3)5-6/h8H,4-5H2,1-3H3/q+1. The van der Waals surface area contributed by atoms with E-state index in [-0.39, 0.29) is 5.60 Å². The monoisotopic (exact) mass is 116 g/mol. The molecule has 1 aliphatic heterocycles. The van der Waals surface area contributed by atoms with Crippen molar-refractivity contribution in [1.82, 2.24) is 0 Å². The molecule has 0 amide bonds. The van der Waals surface area contributed by atoms with Crippen molar-refractivity contribution in [2.75, 3.05) is 27.2 Å². The van der Waals surface area contributed by atoms with Crippen LogP contribution >= 0.6 is 0 Å². The van der Waals surface area contributed by atoms with E-state index in [1.807, 2.05) is 6.92 Å². The number of rotatable bonds is 0. The Morgan fingerprint density at radius 1 is 1.38 bits per heavy atom. The summed E-state index contributed by atoms with van der Waals surface area (Å²) >= 11 is 0. The molecule has 1 heterocycles. The Kier molecular flexibility index (Phi) is 0.946. The van der Waals surface area contributed by atoms with Gasteiger partial charge in [0.25, 0.3) is 0 Å². The topological polar surface area (TPSA) is 20.2 Å². The Labute approximate surface area is 50.3 Å². The fraction of sp³-hybridized carbons (Fsp3) is 1.00. The first-order valence-electron chi connectivity index (χ1n) is 2.96. The maximum atomic E-state index is 9.23. The number of hydrogen-bond donors (Lipinski definition) is 1. The highest BCUT2D eigenvalue weighted by molar-refractivity contribution is 4.79. The maximum Gasteiger partial charge on any atom is 0.159 e. The molecule has 1 rings (SSSR count). The van der Waals surface area contributed by atoms with Gasteiger partial charge in [0, 0.05) is 0 Å². The van der Waals surface area contributed by atoms with Crippen molar-refractivity contribution < 1.29 is 9.59 Å². The van der Waals surface area contributed by atoms with Gasteiger partial charge in [0.15, 0.2) is 5.60 Å². The average molecular weight is 116 g/mol. The Bertz CT molecular complexity index is 85.1. The predicted octanol–water partition coefficient (Wildman–Crippen LogP) is -0.173. The molecule has 0 spiro atoms. The lowest BCUT2D eigenvalue weighted by Gasteiger charge is -2.48. The fourth-order valence-corrected chi connectivity index (χ4v) is 1.80. The number of aliphatic hydroxyl groups is 1. The van der Waals surface area contributed by atoms with Gasteiger partial charge in [-0.1, -0.05) is 0 Å². The first-order valence-corrected chi connectivity index (χ1v) is 2.96. The molecule has 0 aliphatic carbocycles. The molecule has 1 fully saturated rings. The second kappa shape index (κ2) is 1.25. The number of nitrogens with zero attached hydrogens (tertiary/aromatic N) is 1. The van der Waals surface area contributed by atoms with Gasteiger partial charge in [0.2, 0.25) is 0 Å². The van der Waals surface area contributed by atoms with Crippen LogP contribution in [0.3, 0.4) is 0 Å². The Balaban J connectivity index is 2.42. The van der Waals surface area contributed by atoms with Gasteiger partial charge in [-0.05, 0) is 6.92 Å². The van der Waals surface area contributed by atoms with Crippen LogP contribution in [0.2, 0.25) is 0 Å². The number of likely N-dealkylation sites (tertiary alicyclic amines) is 1. The first kappa shape index (κ1) is 6.05. The summed E-state index contributed by atoms with van der Waals surface area (Å²) in [5.41, 5.74) is -0.372. The lowest BCUT2D eigenvalue weighted by molar-refractivity contribution is -0.947. The van der Waals surface area contributed by atoms with Crippen molar-refractivity contribution in [3.63, 3.8) is 0 Å². The molecule has 0 unspecified atom stereocenters. The van der Waals surface area contributed by atoms with Crippen molar-refractivity contribution >= 4 is 0 Å². The zero-order valence-corrected chi connectivity index (χ0v) is 5.81. The van der Waals surface area contributed by atoms with Gasteiger partial charge < -0.3 is 9.59 Å². The quantitative estimate of drug-likeness (QED) is 0.436. The van der Waals surface area contributed by atoms with Crippen molar-refractivity contribution in [3.8, 4) is 0 Å². The van der Waals surface area contributed by atoms with Crippen molar-refractivity contribution in [1.29, 1.82) is 0 Å². The fourth-order valence-electron chi connectivity index (χ4n) is 1.80. The van der Waals surface area contributed by atoms with Gasteiger partial charge in [-0.25, -0.2) is 0 Å². The van der Waals surface area contributed by atoms with Crippen molar-refractivity contribution in [2.24, 2.45) is 0 Å². The predicted molar refractivity (Wildman–Crippen MR) is 32.5 cm³/mol. The summed E-state index contributed by atoms with van der Waals surface area (Å²) in [6, 6.07) is 0. The zero-order valence-electron chi connectivity index (χ0n) is 5.81. The van der Waals surface area contributed by atoms with Gasteiger partial charge in [-0.15, -0.1) is 0 Å². The minimum absolute atomic E-state index is 0.372. The molecule has 1 saturated heterocycles. The first-order chi connectivity index (χ1) is 3.41. The van der Waals surface area contributed by atoms with Crippen LogP contribution in [0.5, 0.6) is 0 Å². The molecule has 0 aromatic heterocycles. The number of hydrogen-bond acceptors (Lipinski definition) is 1. The van der Waals surface area contributed by atoms with Gasteiger partial charge in [0.1, 0.15) is 13.1 Å². The van der Waals surface area contributed by atoms with Crippen LogP contribution in [0.15, 0.2) is 0 Å². The Hall–Kier alpha value is -0.0800. The van der Waals surface area contributed by atoms with Crippen molar-refractivity contribution in [3.05, 3.63) is 0 Å². The molecular weight excluding hydrogens is 102 g/mol. The van der Waals surface area contributed by atoms with Crippen molar-refractivity contribution in [2.45, 2.75) is 12.5 Å². The van der Waals surface area contributed by atoms with E-state index in [0.29, 0.717) is 0 Å². The minimum atomic E-state index is -0.372. The third kappa shape index (κ3) is 1.01. The molecule has 0 aromatic rings. The van der Waals surface area contributed by atoms with Crippen LogP contribution < -0.4 is 0 Å². The summed E-state index contributed by atoms with van der Waals surface area (Å²) in [5.74, 6) is 0. The highest BCUT2D eigenvalue weighted by Crippen LogP contribution is 2.23. The van der Waals surface area contributed by atoms with Gasteiger partial charge in [0.05, 0.1) is 14.1 Å². The summed E-state index contributed by atoms with van der Waals surface area (Å²) in [4.78, 5) is 0. The third-order valence-corrected chi connectivity index (χ3v) is 1.54. The van der Waals surface area contributed by atoms with Crippen LogP contribution in [-0.4, -0.2) is 42.4 Å². The van der Waals surface area contributed by atoms with E-state index in [0.717, 1.165) is 17.6 Å². The van der Waals surface area contributed by atoms with E-state index in [1.54, 1.807) is 0 Å². The van der Waals surface area contributed by atoms with Crippen LogP contribution in [0, 0.1) is 0 Å². The second-order valence-electron chi connectivity index (χ2n) is 3.75. The SMILES string of the molecule is CC1(O)C[N+](C)(C)C1. The molecule has 48 valence electrons. The third-order valence-electron chi connectivity index (χ3n) is 1.54. The van der Waals surface area contributed by atoms with Crippen LogP contribution in [-0.2, 0) is 0 Å². The molecular formula is C6H14NO+. The molecule has 0 saturated carbocycles. The lowest BCUT2D eigenvalue weighted by atomic mass is 9.95. The molecule has 2 nitrogen and oxygen atoms in total. The molecule has 1 N–H and O–H groups in total. The zero-order chi connectivity index (χ0) is 6.41. The van der Waals surface area contributed by atoms with E-state index in [9.17, 15) is 5.11 Å². The summed E-state index contributed by atoms with van der Waals surface area (Å²) in [7, 11) is 4.25. The summed E-state index contributed by atoms with van der Waals surface area (Å²) in [5, 5.41) is 9.23. The molecule has 0 atom stereocenters. The van der Waals surface area contributed by atoms with E-state index in [4.69, 9.17) is 0 Å². The summed E-state index contributed by atoms with van der Waals surface area (Å²) < 4.78 is 0.965. The van der Waals surface area contributed by atoms with Gasteiger partial charge in [-0.2, -0.15) is 0 Å². The smallest absolute Gasteiger partial charge is 0.159 e. The van der Waals surface area contributed by atoms with Gasteiger partial charge >= 0.3 is 0 Å². The molecule has 0 aromatic carbocycles. The lowest BCUT2D eigenvalue weighted by Crippen LogP contribution is -2.68. The summed E-state index contributed by atoms with van der Waals surface area (Å²) in [6.07, 6.45) is 0. The second-order valence-corrected chi connectivity index (χ2v) is 3.75. The molecule has 2 heteroatoms. The largest absolute Gasteiger partial charge is 0.379 e. The molecule has 1 aliphatic rings. The number of quaternary nitrogens is 1. The molecule has 0 bridgehead atoms. The highest BCUT2D eigenvalue weighted by Gasteiger charge is 2.45.